The number of ketones is 1. The van der Waals surface area contributed by atoms with Gasteiger partial charge in [-0.15, -0.1) is 0 Å². The Morgan fingerprint density at radius 2 is 1.68 bits per heavy atom. The Labute approximate surface area is 185 Å². The number of aryl methyl sites for hydroxylation is 1. The van der Waals surface area contributed by atoms with E-state index in [0.717, 1.165) is 58.0 Å². The summed E-state index contributed by atoms with van der Waals surface area (Å²) in [6.45, 7) is 3.88. The quantitative estimate of drug-likeness (QED) is 0.398. The van der Waals surface area contributed by atoms with Crippen molar-refractivity contribution in [1.82, 2.24) is 4.57 Å². The number of piperidine rings is 1. The van der Waals surface area contributed by atoms with Crippen molar-refractivity contribution in [3.8, 4) is 5.69 Å². The largest absolute Gasteiger partial charge is 0.363 e. The van der Waals surface area contributed by atoms with Crippen LogP contribution in [0.5, 0.6) is 0 Å². The maximum atomic E-state index is 13.8. The summed E-state index contributed by atoms with van der Waals surface area (Å²) in [4.78, 5) is 29.8. The van der Waals surface area contributed by atoms with Gasteiger partial charge < -0.3 is 4.90 Å². The van der Waals surface area contributed by atoms with Gasteiger partial charge in [0, 0.05) is 30.1 Å². The molecule has 4 nitrogen and oxygen atoms in total. The van der Waals surface area contributed by atoms with Crippen LogP contribution in [0.4, 0.5) is 5.00 Å². The highest BCUT2D eigenvalue weighted by molar-refractivity contribution is 7.23. The lowest BCUT2D eigenvalue weighted by Gasteiger charge is -2.28. The number of aromatic nitrogens is 1. The van der Waals surface area contributed by atoms with Gasteiger partial charge in [-0.05, 0) is 50.5 Å². The first-order chi connectivity index (χ1) is 15.1. The van der Waals surface area contributed by atoms with E-state index in [1.54, 1.807) is 22.0 Å². The summed E-state index contributed by atoms with van der Waals surface area (Å²) in [5.41, 5.74) is 3.21. The number of nitrogens with zero attached hydrogens (tertiary/aromatic N) is 2. The topological polar surface area (TPSA) is 42.3 Å². The Morgan fingerprint density at radius 3 is 2.42 bits per heavy atom. The minimum atomic E-state index is -0.0836. The van der Waals surface area contributed by atoms with Crippen LogP contribution in [0.15, 0.2) is 71.5 Å². The van der Waals surface area contributed by atoms with Gasteiger partial charge in [-0.2, -0.15) is 0 Å². The van der Waals surface area contributed by atoms with E-state index in [1.807, 2.05) is 67.6 Å². The summed E-state index contributed by atoms with van der Waals surface area (Å²) < 4.78 is 1.74. The van der Waals surface area contributed by atoms with Crippen molar-refractivity contribution in [2.45, 2.75) is 26.2 Å². The molecule has 5 rings (SSSR count). The first kappa shape index (κ1) is 19.8. The molecule has 0 unspecified atom stereocenters. The van der Waals surface area contributed by atoms with E-state index in [0.29, 0.717) is 5.56 Å². The molecule has 4 aromatic rings. The van der Waals surface area contributed by atoms with Crippen molar-refractivity contribution < 1.29 is 4.79 Å². The molecule has 5 heteroatoms. The van der Waals surface area contributed by atoms with Gasteiger partial charge in [-0.1, -0.05) is 53.3 Å². The standard InChI is InChI=1S/C26H24N2O2S/c1-18-9-8-10-19(17-18)24(30)23-21-13-14-22(29)28(20-11-4-2-5-12-20)25(21)31-26(23)27-15-6-3-7-16-27/h2,4-5,8-14,17H,3,6-7,15-16H2,1H3. The average Bonchev–Trinajstić information content (AvgIpc) is 3.19. The molecular formula is C26H24N2O2S. The first-order valence-electron chi connectivity index (χ1n) is 10.7. The van der Waals surface area contributed by atoms with Gasteiger partial charge in [0.05, 0.1) is 11.3 Å². The van der Waals surface area contributed by atoms with Crippen molar-refractivity contribution in [3.63, 3.8) is 0 Å². The number of thiophene rings is 1. The summed E-state index contributed by atoms with van der Waals surface area (Å²) in [6, 6.07) is 20.8. The Bertz CT molecular complexity index is 1310. The maximum absolute atomic E-state index is 13.8. The predicted octanol–water partition coefficient (Wildman–Crippen LogP) is 5.58. The Hall–Kier alpha value is -3.18. The lowest BCUT2D eigenvalue weighted by Crippen LogP contribution is -2.29. The summed E-state index contributed by atoms with van der Waals surface area (Å²) in [5, 5.41) is 1.83. The fraction of sp³-hybridized carbons (Fsp3) is 0.231. The second-order valence-electron chi connectivity index (χ2n) is 8.09. The second-order valence-corrected chi connectivity index (χ2v) is 9.07. The predicted molar refractivity (Wildman–Crippen MR) is 128 cm³/mol. The highest BCUT2D eigenvalue weighted by Gasteiger charge is 2.27. The van der Waals surface area contributed by atoms with Crippen molar-refractivity contribution in [2.75, 3.05) is 18.0 Å². The van der Waals surface area contributed by atoms with Crippen LogP contribution in [0.1, 0.15) is 40.7 Å². The number of carbonyl (C=O) groups is 1. The van der Waals surface area contributed by atoms with Crippen molar-refractivity contribution >= 4 is 32.3 Å². The fourth-order valence-corrected chi connectivity index (χ4v) is 5.73. The lowest BCUT2D eigenvalue weighted by atomic mass is 10.00. The minimum absolute atomic E-state index is 0.0220. The van der Waals surface area contributed by atoms with Crippen molar-refractivity contribution in [3.05, 3.63) is 93.8 Å². The van der Waals surface area contributed by atoms with Gasteiger partial charge in [0.25, 0.3) is 5.56 Å². The molecule has 0 N–H and O–H groups in total. The van der Waals surface area contributed by atoms with Gasteiger partial charge in [-0.3, -0.25) is 14.2 Å². The molecule has 3 heterocycles. The number of benzene rings is 2. The van der Waals surface area contributed by atoms with Crippen molar-refractivity contribution in [1.29, 1.82) is 0 Å². The van der Waals surface area contributed by atoms with Crippen LogP contribution >= 0.6 is 11.3 Å². The molecule has 2 aromatic carbocycles. The normalized spacial score (nSPS) is 14.2. The van der Waals surface area contributed by atoms with Gasteiger partial charge >= 0.3 is 0 Å². The van der Waals surface area contributed by atoms with E-state index in [4.69, 9.17) is 0 Å². The van der Waals surface area contributed by atoms with E-state index in [-0.39, 0.29) is 11.3 Å². The summed E-state index contributed by atoms with van der Waals surface area (Å²) in [6.07, 6.45) is 3.47. The molecule has 1 saturated heterocycles. The number of carbonyl (C=O) groups excluding carboxylic acids is 1. The number of hydrogen-bond donors (Lipinski definition) is 0. The first-order valence-corrected chi connectivity index (χ1v) is 11.6. The highest BCUT2D eigenvalue weighted by atomic mass is 32.1. The minimum Gasteiger partial charge on any atom is -0.363 e. The van der Waals surface area contributed by atoms with Gasteiger partial charge in [-0.25, -0.2) is 0 Å². The summed E-state index contributed by atoms with van der Waals surface area (Å²) >= 11 is 1.56. The molecule has 0 bridgehead atoms. The SMILES string of the molecule is Cc1cccc(C(=O)c2c(N3CCCCC3)sc3c2ccc(=O)n3-c2ccccc2)c1. The zero-order valence-electron chi connectivity index (χ0n) is 17.5. The fourth-order valence-electron chi connectivity index (χ4n) is 4.36. The Morgan fingerprint density at radius 1 is 0.903 bits per heavy atom. The Balaban J connectivity index is 1.78. The van der Waals surface area contributed by atoms with Gasteiger partial charge in [0.2, 0.25) is 0 Å². The smallest absolute Gasteiger partial charge is 0.256 e. The van der Waals surface area contributed by atoms with Crippen LogP contribution in [0, 0.1) is 6.92 Å². The summed E-state index contributed by atoms with van der Waals surface area (Å²) in [7, 11) is 0. The molecule has 31 heavy (non-hydrogen) atoms. The summed E-state index contributed by atoms with van der Waals surface area (Å²) in [5.74, 6) is 0.0220. The molecule has 0 amide bonds. The maximum Gasteiger partial charge on any atom is 0.256 e. The number of pyridine rings is 1. The molecule has 1 aliphatic rings. The van der Waals surface area contributed by atoms with E-state index in [9.17, 15) is 9.59 Å². The van der Waals surface area contributed by atoms with Crippen LogP contribution < -0.4 is 10.5 Å². The molecule has 0 radical (unpaired) electrons. The number of fused-ring (bicyclic) bond motifs is 1. The highest BCUT2D eigenvalue weighted by Crippen LogP contribution is 2.40. The monoisotopic (exact) mass is 428 g/mol. The Kier molecular flexibility index (Phi) is 5.20. The number of hydrogen-bond acceptors (Lipinski definition) is 4. The number of para-hydroxylation sites is 1. The average molecular weight is 429 g/mol. The number of anilines is 1. The van der Waals surface area contributed by atoms with E-state index >= 15 is 0 Å². The second kappa shape index (κ2) is 8.16. The molecular weight excluding hydrogens is 404 g/mol. The molecule has 0 spiro atoms. The van der Waals surface area contributed by atoms with E-state index in [2.05, 4.69) is 4.90 Å². The third-order valence-corrected chi connectivity index (χ3v) is 7.14. The zero-order valence-corrected chi connectivity index (χ0v) is 18.3. The van der Waals surface area contributed by atoms with Crippen LogP contribution in [0.3, 0.4) is 0 Å². The molecule has 0 atom stereocenters. The van der Waals surface area contributed by atoms with Crippen LogP contribution in [0.25, 0.3) is 15.9 Å². The van der Waals surface area contributed by atoms with Gasteiger partial charge in [0.1, 0.15) is 9.83 Å². The van der Waals surface area contributed by atoms with Crippen LogP contribution in [-0.2, 0) is 0 Å². The number of rotatable bonds is 4. The van der Waals surface area contributed by atoms with E-state index < -0.39 is 0 Å². The molecule has 1 aliphatic heterocycles. The molecule has 0 saturated carbocycles. The van der Waals surface area contributed by atoms with E-state index in [1.165, 1.54) is 6.42 Å². The molecule has 2 aromatic heterocycles. The third kappa shape index (κ3) is 3.59. The zero-order chi connectivity index (χ0) is 21.4. The van der Waals surface area contributed by atoms with Crippen LogP contribution in [-0.4, -0.2) is 23.4 Å². The third-order valence-electron chi connectivity index (χ3n) is 5.89. The molecule has 1 fully saturated rings. The molecule has 0 aliphatic carbocycles. The van der Waals surface area contributed by atoms with Crippen molar-refractivity contribution in [2.24, 2.45) is 0 Å². The van der Waals surface area contributed by atoms with Crippen LogP contribution in [0.2, 0.25) is 0 Å². The van der Waals surface area contributed by atoms with Gasteiger partial charge in [0.15, 0.2) is 5.78 Å². The molecule has 156 valence electrons. The lowest BCUT2D eigenvalue weighted by molar-refractivity contribution is 0.104.